The van der Waals surface area contributed by atoms with Crippen molar-refractivity contribution in [1.82, 2.24) is 9.55 Å². The van der Waals surface area contributed by atoms with Crippen molar-refractivity contribution in [3.63, 3.8) is 0 Å². The van der Waals surface area contributed by atoms with Gasteiger partial charge in [-0.2, -0.15) is 0 Å². The van der Waals surface area contributed by atoms with Gasteiger partial charge in [-0.05, 0) is 37.1 Å². The van der Waals surface area contributed by atoms with E-state index >= 15 is 0 Å². The smallest absolute Gasteiger partial charge is 0.146 e. The standard InChI is InChI=1S/C14H19N3O/c1-10-4-5-13(6-11(10)2)18-9-14-16-12(7-15)8-17(14)3/h4-6,8H,7,9,15H2,1-3H3. The van der Waals surface area contributed by atoms with Crippen molar-refractivity contribution in [3.8, 4) is 5.75 Å². The molecular formula is C14H19N3O. The van der Waals surface area contributed by atoms with Gasteiger partial charge in [0, 0.05) is 19.8 Å². The molecule has 2 N–H and O–H groups in total. The van der Waals surface area contributed by atoms with Crippen LogP contribution in [0.2, 0.25) is 0 Å². The van der Waals surface area contributed by atoms with Crippen molar-refractivity contribution >= 4 is 0 Å². The molecule has 96 valence electrons. The Kier molecular flexibility index (Phi) is 3.67. The van der Waals surface area contributed by atoms with Gasteiger partial charge in [-0.25, -0.2) is 4.98 Å². The van der Waals surface area contributed by atoms with E-state index < -0.39 is 0 Å². The Labute approximate surface area is 107 Å². The molecule has 0 spiro atoms. The molecule has 0 saturated heterocycles. The number of imidazole rings is 1. The molecule has 0 aliphatic heterocycles. The van der Waals surface area contributed by atoms with E-state index in [1.807, 2.05) is 29.9 Å². The van der Waals surface area contributed by atoms with Crippen molar-refractivity contribution in [1.29, 1.82) is 0 Å². The highest BCUT2D eigenvalue weighted by Crippen LogP contribution is 2.17. The summed E-state index contributed by atoms with van der Waals surface area (Å²) in [5.41, 5.74) is 8.94. The van der Waals surface area contributed by atoms with Crippen molar-refractivity contribution in [2.45, 2.75) is 27.0 Å². The zero-order chi connectivity index (χ0) is 13.1. The SMILES string of the molecule is Cc1ccc(OCc2nc(CN)cn2C)cc1C. The van der Waals surface area contributed by atoms with Gasteiger partial charge in [-0.15, -0.1) is 0 Å². The maximum atomic E-state index is 5.74. The molecular weight excluding hydrogens is 226 g/mol. The fourth-order valence-electron chi connectivity index (χ4n) is 1.76. The third-order valence-corrected chi connectivity index (χ3v) is 3.08. The number of aryl methyl sites for hydroxylation is 3. The zero-order valence-corrected chi connectivity index (χ0v) is 11.1. The Morgan fingerprint density at radius 1 is 1.28 bits per heavy atom. The summed E-state index contributed by atoms with van der Waals surface area (Å²) in [6, 6.07) is 6.09. The molecule has 0 saturated carbocycles. The van der Waals surface area contributed by atoms with E-state index in [0.717, 1.165) is 17.3 Å². The molecule has 18 heavy (non-hydrogen) atoms. The highest BCUT2D eigenvalue weighted by molar-refractivity contribution is 5.33. The van der Waals surface area contributed by atoms with Crippen LogP contribution in [0, 0.1) is 13.8 Å². The number of rotatable bonds is 4. The van der Waals surface area contributed by atoms with Crippen LogP contribution in [0.1, 0.15) is 22.6 Å². The average Bonchev–Trinajstić information content (AvgIpc) is 2.72. The first-order valence-electron chi connectivity index (χ1n) is 6.01. The molecule has 1 aromatic carbocycles. The summed E-state index contributed by atoms with van der Waals surface area (Å²) in [6.07, 6.45) is 1.93. The van der Waals surface area contributed by atoms with Gasteiger partial charge in [-0.1, -0.05) is 6.07 Å². The third kappa shape index (κ3) is 2.71. The molecule has 0 aliphatic rings. The summed E-state index contributed by atoms with van der Waals surface area (Å²) in [5, 5.41) is 0. The molecule has 0 radical (unpaired) electrons. The maximum Gasteiger partial charge on any atom is 0.146 e. The van der Waals surface area contributed by atoms with E-state index in [9.17, 15) is 0 Å². The Morgan fingerprint density at radius 2 is 2.06 bits per heavy atom. The fourth-order valence-corrected chi connectivity index (χ4v) is 1.76. The predicted molar refractivity (Wildman–Crippen MR) is 71.3 cm³/mol. The predicted octanol–water partition coefficient (Wildman–Crippen LogP) is 2.07. The van der Waals surface area contributed by atoms with E-state index in [4.69, 9.17) is 10.5 Å². The van der Waals surface area contributed by atoms with Gasteiger partial charge in [0.1, 0.15) is 18.2 Å². The second kappa shape index (κ2) is 5.23. The van der Waals surface area contributed by atoms with Gasteiger partial charge in [0.15, 0.2) is 0 Å². The van der Waals surface area contributed by atoms with Crippen LogP contribution in [0.25, 0.3) is 0 Å². The Morgan fingerprint density at radius 3 is 2.67 bits per heavy atom. The Balaban J connectivity index is 2.06. The van der Waals surface area contributed by atoms with Crippen LogP contribution in [0.15, 0.2) is 24.4 Å². The largest absolute Gasteiger partial charge is 0.486 e. The molecule has 0 atom stereocenters. The van der Waals surface area contributed by atoms with Gasteiger partial charge in [0.25, 0.3) is 0 Å². The summed E-state index contributed by atoms with van der Waals surface area (Å²) in [4.78, 5) is 4.40. The molecule has 0 amide bonds. The topological polar surface area (TPSA) is 53.1 Å². The summed E-state index contributed by atoms with van der Waals surface area (Å²) < 4.78 is 7.69. The highest BCUT2D eigenvalue weighted by Gasteiger charge is 2.05. The molecule has 0 aliphatic carbocycles. The van der Waals surface area contributed by atoms with Crippen LogP contribution in [0.5, 0.6) is 5.75 Å². The summed E-state index contributed by atoms with van der Waals surface area (Å²) in [5.74, 6) is 1.75. The van der Waals surface area contributed by atoms with E-state index in [1.54, 1.807) is 0 Å². The first-order valence-corrected chi connectivity index (χ1v) is 6.01. The summed E-state index contributed by atoms with van der Waals surface area (Å²) >= 11 is 0. The highest BCUT2D eigenvalue weighted by atomic mass is 16.5. The Bertz CT molecular complexity index is 546. The second-order valence-electron chi connectivity index (χ2n) is 4.50. The fraction of sp³-hybridized carbons (Fsp3) is 0.357. The molecule has 0 fully saturated rings. The van der Waals surface area contributed by atoms with Gasteiger partial charge >= 0.3 is 0 Å². The lowest BCUT2D eigenvalue weighted by molar-refractivity contribution is 0.291. The molecule has 0 bridgehead atoms. The number of ether oxygens (including phenoxy) is 1. The number of nitrogens with zero attached hydrogens (tertiary/aromatic N) is 2. The number of hydrogen-bond donors (Lipinski definition) is 1. The summed E-state index contributed by atoms with van der Waals surface area (Å²) in [6.45, 7) is 5.08. The second-order valence-corrected chi connectivity index (χ2v) is 4.50. The lowest BCUT2D eigenvalue weighted by Crippen LogP contribution is -2.03. The minimum atomic E-state index is 0.456. The van der Waals surface area contributed by atoms with Crippen LogP contribution < -0.4 is 10.5 Å². The number of hydrogen-bond acceptors (Lipinski definition) is 3. The van der Waals surface area contributed by atoms with Crippen molar-refractivity contribution < 1.29 is 4.74 Å². The first kappa shape index (κ1) is 12.6. The van der Waals surface area contributed by atoms with Gasteiger partial charge in [0.05, 0.1) is 5.69 Å². The minimum absolute atomic E-state index is 0.456. The quantitative estimate of drug-likeness (QED) is 0.897. The van der Waals surface area contributed by atoms with Gasteiger partial charge in [-0.3, -0.25) is 0 Å². The molecule has 1 aromatic heterocycles. The van der Waals surface area contributed by atoms with E-state index in [2.05, 4.69) is 24.9 Å². The number of aromatic nitrogens is 2. The lowest BCUT2D eigenvalue weighted by atomic mass is 10.1. The molecule has 4 nitrogen and oxygen atoms in total. The van der Waals surface area contributed by atoms with Crippen LogP contribution >= 0.6 is 0 Å². The molecule has 2 aromatic rings. The normalized spacial score (nSPS) is 10.7. The molecule has 4 heteroatoms. The third-order valence-electron chi connectivity index (χ3n) is 3.08. The van der Waals surface area contributed by atoms with E-state index in [0.29, 0.717) is 13.2 Å². The van der Waals surface area contributed by atoms with Crippen LogP contribution in [-0.4, -0.2) is 9.55 Å². The maximum absolute atomic E-state index is 5.74. The van der Waals surface area contributed by atoms with Crippen molar-refractivity contribution in [2.24, 2.45) is 12.8 Å². The van der Waals surface area contributed by atoms with E-state index in [1.165, 1.54) is 11.1 Å². The lowest BCUT2D eigenvalue weighted by Gasteiger charge is -2.08. The molecule has 1 heterocycles. The van der Waals surface area contributed by atoms with Gasteiger partial charge < -0.3 is 15.0 Å². The van der Waals surface area contributed by atoms with E-state index in [-0.39, 0.29) is 0 Å². The van der Waals surface area contributed by atoms with Crippen molar-refractivity contribution in [2.75, 3.05) is 0 Å². The number of benzene rings is 1. The molecule has 2 rings (SSSR count). The minimum Gasteiger partial charge on any atom is -0.486 e. The molecule has 0 unspecified atom stereocenters. The van der Waals surface area contributed by atoms with Crippen LogP contribution in [0.4, 0.5) is 0 Å². The first-order chi connectivity index (χ1) is 8.60. The average molecular weight is 245 g/mol. The van der Waals surface area contributed by atoms with Crippen LogP contribution in [0.3, 0.4) is 0 Å². The zero-order valence-electron chi connectivity index (χ0n) is 11.1. The monoisotopic (exact) mass is 245 g/mol. The van der Waals surface area contributed by atoms with Crippen molar-refractivity contribution in [3.05, 3.63) is 47.0 Å². The Hall–Kier alpha value is -1.81. The van der Waals surface area contributed by atoms with Gasteiger partial charge in [0.2, 0.25) is 0 Å². The van der Waals surface area contributed by atoms with Crippen LogP contribution in [-0.2, 0) is 20.2 Å². The number of nitrogens with two attached hydrogens (primary N) is 1. The summed E-state index contributed by atoms with van der Waals surface area (Å²) in [7, 11) is 1.95.